The second-order valence-corrected chi connectivity index (χ2v) is 5.41. The summed E-state index contributed by atoms with van der Waals surface area (Å²) < 4.78 is 44.8. The lowest BCUT2D eigenvalue weighted by atomic mass is 10.1. The second kappa shape index (κ2) is 7.63. The first kappa shape index (κ1) is 19.7. The molecule has 21 heavy (non-hydrogen) atoms. The minimum absolute atomic E-state index is 0.128. The third-order valence-corrected chi connectivity index (χ3v) is 2.43. The highest BCUT2D eigenvalue weighted by atomic mass is 19.4. The number of hydrogen-bond acceptors (Lipinski definition) is 4. The van der Waals surface area contributed by atoms with E-state index in [1.807, 2.05) is 0 Å². The second-order valence-electron chi connectivity index (χ2n) is 5.41. The molecule has 5 nitrogen and oxygen atoms in total. The Hall–Kier alpha value is -1.31. The smallest absolute Gasteiger partial charge is 0.436 e. The minimum atomic E-state index is -5.03. The molecule has 0 saturated heterocycles. The van der Waals surface area contributed by atoms with Gasteiger partial charge in [-0.05, 0) is 26.7 Å². The number of amides is 1. The highest BCUT2D eigenvalue weighted by Crippen LogP contribution is 2.30. The molecule has 2 N–H and O–H groups in total. The molecule has 1 atom stereocenters. The van der Waals surface area contributed by atoms with Crippen LogP contribution >= 0.6 is 0 Å². The van der Waals surface area contributed by atoms with E-state index in [0.29, 0.717) is 0 Å². The number of ether oxygens (including phenoxy) is 1. The molecule has 0 saturated carbocycles. The van der Waals surface area contributed by atoms with Crippen molar-refractivity contribution >= 4 is 11.9 Å². The van der Waals surface area contributed by atoms with Crippen LogP contribution in [0.1, 0.15) is 41.0 Å². The van der Waals surface area contributed by atoms with Crippen LogP contribution in [-0.2, 0) is 14.3 Å². The van der Waals surface area contributed by atoms with Crippen molar-refractivity contribution in [2.24, 2.45) is 5.92 Å². The zero-order valence-corrected chi connectivity index (χ0v) is 12.9. The molecule has 0 aliphatic carbocycles. The first-order valence-corrected chi connectivity index (χ1v) is 6.78. The Balaban J connectivity index is 5.57. The fourth-order valence-corrected chi connectivity index (χ4v) is 1.72. The number of esters is 1. The van der Waals surface area contributed by atoms with Crippen LogP contribution in [0, 0.1) is 5.92 Å². The molecule has 0 unspecified atom stereocenters. The molecule has 0 aliphatic rings. The Kier molecular flexibility index (Phi) is 7.15. The molecular formula is C13H23F3N2O3. The zero-order valence-electron chi connectivity index (χ0n) is 12.9. The topological polar surface area (TPSA) is 67.4 Å². The molecule has 0 rings (SSSR count). The van der Waals surface area contributed by atoms with Gasteiger partial charge >= 0.3 is 12.1 Å². The van der Waals surface area contributed by atoms with Gasteiger partial charge in [-0.25, -0.2) is 4.79 Å². The number of halogens is 3. The maximum atomic E-state index is 13.4. The van der Waals surface area contributed by atoms with Gasteiger partial charge in [-0.1, -0.05) is 13.8 Å². The van der Waals surface area contributed by atoms with Crippen molar-refractivity contribution in [3.63, 3.8) is 0 Å². The van der Waals surface area contributed by atoms with Crippen molar-refractivity contribution in [3.05, 3.63) is 0 Å². The van der Waals surface area contributed by atoms with E-state index in [1.165, 1.54) is 20.8 Å². The van der Waals surface area contributed by atoms with Gasteiger partial charge in [0.1, 0.15) is 0 Å². The van der Waals surface area contributed by atoms with E-state index in [1.54, 1.807) is 19.2 Å². The van der Waals surface area contributed by atoms with Crippen molar-refractivity contribution in [2.45, 2.75) is 58.9 Å². The van der Waals surface area contributed by atoms with Gasteiger partial charge in [-0.3, -0.25) is 10.1 Å². The standard InChI is InChI=1S/C13H23F3N2O3/c1-6-21-11(20)12(13(14,15)16,17-9(4)5)18-10(19)7-8(2)3/h8-9,17H,6-7H2,1-5H3,(H,18,19)/t12-/m0/s1. The zero-order chi connectivity index (χ0) is 16.8. The third-order valence-electron chi connectivity index (χ3n) is 2.43. The summed E-state index contributed by atoms with van der Waals surface area (Å²) in [7, 11) is 0. The molecule has 0 aromatic rings. The molecule has 0 aromatic heterocycles. The predicted octanol–water partition coefficient (Wildman–Crippen LogP) is 1.97. The van der Waals surface area contributed by atoms with Gasteiger partial charge in [0.05, 0.1) is 6.61 Å². The van der Waals surface area contributed by atoms with E-state index >= 15 is 0 Å². The Labute approximate surface area is 122 Å². The number of alkyl halides is 3. The van der Waals surface area contributed by atoms with Crippen LogP contribution in [0.4, 0.5) is 13.2 Å². The highest BCUT2D eigenvalue weighted by molar-refractivity contribution is 5.88. The number of hydrogen-bond donors (Lipinski definition) is 2. The van der Waals surface area contributed by atoms with Crippen LogP contribution in [0.3, 0.4) is 0 Å². The number of carbonyl (C=O) groups is 2. The molecule has 1 amide bonds. The summed E-state index contributed by atoms with van der Waals surface area (Å²) in [6.07, 6.45) is -5.16. The SMILES string of the molecule is CCOC(=O)[C@@](NC(=O)CC(C)C)(NC(C)C)C(F)(F)F. The molecule has 0 spiro atoms. The average molecular weight is 312 g/mol. The van der Waals surface area contributed by atoms with Crippen LogP contribution in [0.25, 0.3) is 0 Å². The van der Waals surface area contributed by atoms with Gasteiger partial charge < -0.3 is 10.1 Å². The van der Waals surface area contributed by atoms with E-state index in [-0.39, 0.29) is 18.9 Å². The molecule has 0 radical (unpaired) electrons. The van der Waals surface area contributed by atoms with E-state index < -0.39 is 29.8 Å². The van der Waals surface area contributed by atoms with E-state index in [9.17, 15) is 22.8 Å². The Bertz CT molecular complexity index is 370. The Morgan fingerprint density at radius 2 is 1.67 bits per heavy atom. The van der Waals surface area contributed by atoms with E-state index in [2.05, 4.69) is 10.1 Å². The van der Waals surface area contributed by atoms with Gasteiger partial charge in [-0.15, -0.1) is 0 Å². The lowest BCUT2D eigenvalue weighted by Crippen LogP contribution is -2.74. The molecule has 0 aromatic carbocycles. The summed E-state index contributed by atoms with van der Waals surface area (Å²) in [5.74, 6) is -2.58. The lowest BCUT2D eigenvalue weighted by Gasteiger charge is -2.36. The lowest BCUT2D eigenvalue weighted by molar-refractivity contribution is -0.223. The summed E-state index contributed by atoms with van der Waals surface area (Å²) in [5, 5.41) is 3.86. The first-order chi connectivity index (χ1) is 9.46. The van der Waals surface area contributed by atoms with Crippen molar-refractivity contribution in [2.75, 3.05) is 6.61 Å². The molecular weight excluding hydrogens is 289 g/mol. The first-order valence-electron chi connectivity index (χ1n) is 6.78. The van der Waals surface area contributed by atoms with Crippen molar-refractivity contribution in [3.8, 4) is 0 Å². The number of nitrogens with one attached hydrogen (secondary N) is 2. The molecule has 0 heterocycles. The monoisotopic (exact) mass is 312 g/mol. The maximum Gasteiger partial charge on any atom is 0.436 e. The maximum absolute atomic E-state index is 13.4. The average Bonchev–Trinajstić information content (AvgIpc) is 2.24. The van der Waals surface area contributed by atoms with Gasteiger partial charge in [-0.2, -0.15) is 13.2 Å². The van der Waals surface area contributed by atoms with Crippen LogP contribution in [0.2, 0.25) is 0 Å². The van der Waals surface area contributed by atoms with Gasteiger partial charge in [0.15, 0.2) is 0 Å². The Morgan fingerprint density at radius 1 is 1.14 bits per heavy atom. The van der Waals surface area contributed by atoms with Gasteiger partial charge in [0.2, 0.25) is 5.91 Å². The molecule has 0 aliphatic heterocycles. The van der Waals surface area contributed by atoms with Crippen LogP contribution in [0.15, 0.2) is 0 Å². The molecule has 8 heteroatoms. The Morgan fingerprint density at radius 3 is 2.00 bits per heavy atom. The summed E-state index contributed by atoms with van der Waals surface area (Å²) in [5.41, 5.74) is -3.23. The normalized spacial score (nSPS) is 15.0. The number of carbonyl (C=O) groups excluding carboxylic acids is 2. The highest BCUT2D eigenvalue weighted by Gasteiger charge is 2.63. The summed E-state index contributed by atoms with van der Waals surface area (Å²) in [6.45, 7) is 7.42. The third kappa shape index (κ3) is 5.53. The summed E-state index contributed by atoms with van der Waals surface area (Å²) in [6, 6.07) is -0.699. The van der Waals surface area contributed by atoms with Crippen LogP contribution < -0.4 is 10.6 Å². The molecule has 0 bridgehead atoms. The molecule has 0 fully saturated rings. The summed E-state index contributed by atoms with van der Waals surface area (Å²) >= 11 is 0. The van der Waals surface area contributed by atoms with Crippen LogP contribution in [0.5, 0.6) is 0 Å². The van der Waals surface area contributed by atoms with Crippen molar-refractivity contribution < 1.29 is 27.5 Å². The van der Waals surface area contributed by atoms with Gasteiger partial charge in [0.25, 0.3) is 5.66 Å². The van der Waals surface area contributed by atoms with Crippen molar-refractivity contribution in [1.29, 1.82) is 0 Å². The van der Waals surface area contributed by atoms with Crippen molar-refractivity contribution in [1.82, 2.24) is 10.6 Å². The predicted molar refractivity (Wildman–Crippen MR) is 71.3 cm³/mol. The fourth-order valence-electron chi connectivity index (χ4n) is 1.72. The van der Waals surface area contributed by atoms with Crippen LogP contribution in [-0.4, -0.2) is 36.4 Å². The minimum Gasteiger partial charge on any atom is -0.463 e. The largest absolute Gasteiger partial charge is 0.463 e. The summed E-state index contributed by atoms with van der Waals surface area (Å²) in [4.78, 5) is 23.6. The molecule has 124 valence electrons. The van der Waals surface area contributed by atoms with E-state index in [0.717, 1.165) is 0 Å². The van der Waals surface area contributed by atoms with E-state index in [4.69, 9.17) is 0 Å². The fraction of sp³-hybridized carbons (Fsp3) is 0.846. The quantitative estimate of drug-likeness (QED) is 0.557. The number of rotatable bonds is 7. The van der Waals surface area contributed by atoms with Gasteiger partial charge in [0, 0.05) is 12.5 Å².